The second-order valence-corrected chi connectivity index (χ2v) is 2.91. The predicted octanol–water partition coefficient (Wildman–Crippen LogP) is 2.62. The maximum absolute atomic E-state index is 5.53. The fraction of sp³-hybridized carbons (Fsp3) is 0.857. The molecule has 0 aliphatic carbocycles. The zero-order valence-electron chi connectivity index (χ0n) is 6.39. The maximum Gasteiger partial charge on any atom is 0.162 e. The van der Waals surface area contributed by atoms with Gasteiger partial charge in [0, 0.05) is 11.8 Å². The number of ether oxygens (including phenoxy) is 1. The minimum atomic E-state index is 0.312. The SMILES string of the molecule is CCOC(=S)C(C)CCCl. The molecule has 3 heteroatoms. The van der Waals surface area contributed by atoms with Crippen molar-refractivity contribution < 1.29 is 4.74 Å². The molecule has 0 spiro atoms. The molecule has 0 rings (SSSR count). The summed E-state index contributed by atoms with van der Waals surface area (Å²) < 4.78 is 5.13. The highest BCUT2D eigenvalue weighted by Crippen LogP contribution is 2.06. The van der Waals surface area contributed by atoms with Gasteiger partial charge in [0.2, 0.25) is 0 Å². The van der Waals surface area contributed by atoms with Crippen LogP contribution in [0.5, 0.6) is 0 Å². The number of hydrogen-bond acceptors (Lipinski definition) is 2. The first-order valence-electron chi connectivity index (χ1n) is 3.45. The zero-order chi connectivity index (χ0) is 7.98. The van der Waals surface area contributed by atoms with Crippen molar-refractivity contribution in [3.8, 4) is 0 Å². The minimum absolute atomic E-state index is 0.312. The molecule has 0 aromatic rings. The Hall–Kier alpha value is 0.180. The summed E-state index contributed by atoms with van der Waals surface area (Å²) in [7, 11) is 0. The lowest BCUT2D eigenvalue weighted by atomic mass is 10.1. The van der Waals surface area contributed by atoms with Crippen molar-refractivity contribution in [2.24, 2.45) is 5.92 Å². The van der Waals surface area contributed by atoms with Gasteiger partial charge in [0.1, 0.15) is 0 Å². The molecule has 0 heterocycles. The van der Waals surface area contributed by atoms with Crippen LogP contribution in [0.3, 0.4) is 0 Å². The number of hydrogen-bond donors (Lipinski definition) is 0. The molecule has 1 unspecified atom stereocenters. The van der Waals surface area contributed by atoms with Gasteiger partial charge in [-0.1, -0.05) is 6.92 Å². The molecule has 0 bridgehead atoms. The van der Waals surface area contributed by atoms with Crippen LogP contribution in [0.25, 0.3) is 0 Å². The van der Waals surface area contributed by atoms with Crippen LogP contribution >= 0.6 is 23.8 Å². The molecule has 0 radical (unpaired) electrons. The lowest BCUT2D eigenvalue weighted by molar-refractivity contribution is 0.312. The number of alkyl halides is 1. The predicted molar refractivity (Wildman–Crippen MR) is 48.7 cm³/mol. The van der Waals surface area contributed by atoms with E-state index in [2.05, 4.69) is 0 Å². The lowest BCUT2D eigenvalue weighted by Gasteiger charge is -2.10. The number of thiocarbonyl (C=S) groups is 1. The summed E-state index contributed by atoms with van der Waals surface area (Å²) in [5.74, 6) is 0.960. The summed E-state index contributed by atoms with van der Waals surface area (Å²) in [5, 5.41) is 0.683. The van der Waals surface area contributed by atoms with E-state index in [1.165, 1.54) is 0 Å². The Morgan fingerprint density at radius 3 is 2.70 bits per heavy atom. The van der Waals surface area contributed by atoms with Gasteiger partial charge in [-0.25, -0.2) is 0 Å². The van der Waals surface area contributed by atoms with E-state index in [0.717, 1.165) is 6.42 Å². The van der Waals surface area contributed by atoms with Crippen LogP contribution in [0, 0.1) is 5.92 Å². The van der Waals surface area contributed by atoms with Crippen LogP contribution in [-0.2, 0) is 4.74 Å². The number of rotatable bonds is 4. The molecule has 0 amide bonds. The molecule has 10 heavy (non-hydrogen) atoms. The monoisotopic (exact) mass is 180 g/mol. The summed E-state index contributed by atoms with van der Waals surface area (Å²) in [6, 6.07) is 0. The highest BCUT2D eigenvalue weighted by molar-refractivity contribution is 7.80. The molecule has 0 aliphatic rings. The van der Waals surface area contributed by atoms with Gasteiger partial charge < -0.3 is 4.74 Å². The Kier molecular flexibility index (Phi) is 6.03. The Morgan fingerprint density at radius 1 is 1.70 bits per heavy atom. The quantitative estimate of drug-likeness (QED) is 0.486. The summed E-state index contributed by atoms with van der Waals surface area (Å²) in [4.78, 5) is 0. The fourth-order valence-corrected chi connectivity index (χ4v) is 1.13. The van der Waals surface area contributed by atoms with E-state index in [1.54, 1.807) is 0 Å². The highest BCUT2D eigenvalue weighted by Gasteiger charge is 2.07. The van der Waals surface area contributed by atoms with Crippen molar-refractivity contribution >= 4 is 28.9 Å². The molecule has 0 N–H and O–H groups in total. The number of halogens is 1. The van der Waals surface area contributed by atoms with Gasteiger partial charge in [0.15, 0.2) is 5.05 Å². The van der Waals surface area contributed by atoms with Gasteiger partial charge in [0.05, 0.1) is 6.61 Å². The van der Waals surface area contributed by atoms with Gasteiger partial charge in [0.25, 0.3) is 0 Å². The van der Waals surface area contributed by atoms with Crippen LogP contribution in [-0.4, -0.2) is 17.5 Å². The average Bonchev–Trinajstić information content (AvgIpc) is 1.89. The second kappa shape index (κ2) is 5.93. The molecule has 60 valence electrons. The third kappa shape index (κ3) is 4.07. The van der Waals surface area contributed by atoms with E-state index >= 15 is 0 Å². The smallest absolute Gasteiger partial charge is 0.162 e. The van der Waals surface area contributed by atoms with E-state index in [9.17, 15) is 0 Å². The van der Waals surface area contributed by atoms with Crippen molar-refractivity contribution in [3.63, 3.8) is 0 Å². The molecular formula is C7H13ClOS. The van der Waals surface area contributed by atoms with Gasteiger partial charge in [-0.2, -0.15) is 0 Å². The molecule has 1 atom stereocenters. The molecule has 0 aliphatic heterocycles. The van der Waals surface area contributed by atoms with Gasteiger partial charge in [-0.15, -0.1) is 11.6 Å². The van der Waals surface area contributed by atoms with Gasteiger partial charge in [-0.05, 0) is 25.6 Å². The Labute approximate surface area is 72.7 Å². The molecule has 0 saturated heterocycles. The summed E-state index contributed by atoms with van der Waals surface area (Å²) in [5.41, 5.74) is 0. The fourth-order valence-electron chi connectivity index (χ4n) is 0.566. The molecular weight excluding hydrogens is 168 g/mol. The first-order chi connectivity index (χ1) is 4.72. The molecule has 0 saturated carbocycles. The van der Waals surface area contributed by atoms with Crippen molar-refractivity contribution in [2.75, 3.05) is 12.5 Å². The Morgan fingerprint density at radius 2 is 2.30 bits per heavy atom. The summed E-state index contributed by atoms with van der Waals surface area (Å²) in [6.45, 7) is 4.62. The van der Waals surface area contributed by atoms with Crippen molar-refractivity contribution in [1.29, 1.82) is 0 Å². The van der Waals surface area contributed by atoms with Gasteiger partial charge in [-0.3, -0.25) is 0 Å². The largest absolute Gasteiger partial charge is 0.487 e. The van der Waals surface area contributed by atoms with Crippen LogP contribution in [0.15, 0.2) is 0 Å². The zero-order valence-corrected chi connectivity index (χ0v) is 7.97. The third-order valence-electron chi connectivity index (χ3n) is 1.23. The second-order valence-electron chi connectivity index (χ2n) is 2.13. The molecule has 0 fully saturated rings. The minimum Gasteiger partial charge on any atom is -0.487 e. The van der Waals surface area contributed by atoms with Crippen molar-refractivity contribution in [2.45, 2.75) is 20.3 Å². The van der Waals surface area contributed by atoms with Crippen molar-refractivity contribution in [1.82, 2.24) is 0 Å². The van der Waals surface area contributed by atoms with E-state index in [1.807, 2.05) is 13.8 Å². The van der Waals surface area contributed by atoms with Crippen LogP contribution in [0.1, 0.15) is 20.3 Å². The van der Waals surface area contributed by atoms with Crippen LogP contribution in [0.2, 0.25) is 0 Å². The highest BCUT2D eigenvalue weighted by atomic mass is 35.5. The van der Waals surface area contributed by atoms with E-state index in [0.29, 0.717) is 23.5 Å². The standard InChI is InChI=1S/C7H13ClOS/c1-3-9-7(10)6(2)4-5-8/h6H,3-5H2,1-2H3. The van der Waals surface area contributed by atoms with Crippen LogP contribution in [0.4, 0.5) is 0 Å². The van der Waals surface area contributed by atoms with Crippen molar-refractivity contribution in [3.05, 3.63) is 0 Å². The van der Waals surface area contributed by atoms with Crippen LogP contribution < -0.4 is 0 Å². The van der Waals surface area contributed by atoms with E-state index in [-0.39, 0.29) is 0 Å². The Balaban J connectivity index is 3.49. The molecule has 1 nitrogen and oxygen atoms in total. The third-order valence-corrected chi connectivity index (χ3v) is 1.97. The van der Waals surface area contributed by atoms with E-state index < -0.39 is 0 Å². The van der Waals surface area contributed by atoms with E-state index in [4.69, 9.17) is 28.6 Å². The molecule has 0 aromatic heterocycles. The topological polar surface area (TPSA) is 9.23 Å². The lowest BCUT2D eigenvalue weighted by Crippen LogP contribution is -2.12. The normalized spacial score (nSPS) is 12.7. The van der Waals surface area contributed by atoms with Gasteiger partial charge >= 0.3 is 0 Å². The first-order valence-corrected chi connectivity index (χ1v) is 4.39. The average molecular weight is 181 g/mol. The maximum atomic E-state index is 5.53. The first kappa shape index (κ1) is 10.2. The Bertz CT molecular complexity index is 106. The summed E-state index contributed by atoms with van der Waals surface area (Å²) >= 11 is 10.5. The molecule has 0 aromatic carbocycles. The summed E-state index contributed by atoms with van der Waals surface area (Å²) in [6.07, 6.45) is 0.903.